The fourth-order valence-electron chi connectivity index (χ4n) is 0.0421. The SMILES string of the molecule is [Ca+2].[O-]P1([O-])(O)OO1. The van der Waals surface area contributed by atoms with Crippen molar-refractivity contribution in [2.24, 2.45) is 0 Å². The predicted molar refractivity (Wildman–Crippen MR) is 17.1 cm³/mol. The van der Waals surface area contributed by atoms with Gasteiger partial charge in [-0.15, -0.1) is 0 Å². The third-order valence-electron chi connectivity index (χ3n) is 0.263. The summed E-state index contributed by atoms with van der Waals surface area (Å²) in [5, 5.41) is 0. The van der Waals surface area contributed by atoms with Gasteiger partial charge in [0.1, 0.15) is 0 Å². The summed E-state index contributed by atoms with van der Waals surface area (Å²) in [6.45, 7) is 0. The maximum atomic E-state index is 9.48. The van der Waals surface area contributed by atoms with Crippen LogP contribution in [0.25, 0.3) is 0 Å². The molecule has 7 heteroatoms. The molecule has 1 heterocycles. The molecule has 0 radical (unpaired) electrons. The first kappa shape index (κ1) is 8.49. The summed E-state index contributed by atoms with van der Waals surface area (Å²) in [7, 11) is -5.30. The predicted octanol–water partition coefficient (Wildman–Crippen LogP) is -2.59. The fraction of sp³-hybridized carbons (Fsp3) is 0. The molecule has 0 bridgehead atoms. The van der Waals surface area contributed by atoms with Gasteiger partial charge in [0.25, 0.3) is 0 Å². The molecule has 0 saturated carbocycles. The summed E-state index contributed by atoms with van der Waals surface area (Å²) in [5.41, 5.74) is 0. The Labute approximate surface area is 69.1 Å². The Balaban J connectivity index is 0.000000360. The first-order chi connectivity index (χ1) is 2.47. The minimum absolute atomic E-state index is 0. The van der Waals surface area contributed by atoms with E-state index in [-0.39, 0.29) is 37.7 Å². The molecule has 1 aliphatic rings. The van der Waals surface area contributed by atoms with E-state index < -0.39 is 7.74 Å². The topological polar surface area (TPSA) is 91.4 Å². The summed E-state index contributed by atoms with van der Waals surface area (Å²) in [4.78, 5) is 26.6. The fourth-order valence-corrected chi connectivity index (χ4v) is 0.379. The first-order valence-corrected chi connectivity index (χ1v) is 2.96. The average Bonchev–Trinajstić information content (AvgIpc) is 1.73. The van der Waals surface area contributed by atoms with Crippen LogP contribution in [0.5, 0.6) is 0 Å². The van der Waals surface area contributed by atoms with Crippen LogP contribution in [0.15, 0.2) is 0 Å². The molecule has 1 fully saturated rings. The van der Waals surface area contributed by atoms with Crippen LogP contribution in [0.2, 0.25) is 0 Å². The van der Waals surface area contributed by atoms with Crippen molar-refractivity contribution in [2.45, 2.75) is 0 Å². The second-order valence-corrected chi connectivity index (χ2v) is 2.77. The maximum absolute atomic E-state index is 9.48. The third kappa shape index (κ3) is 3.13. The number of hydrogen-bond acceptors (Lipinski definition) is 5. The Morgan fingerprint density at radius 1 is 1.29 bits per heavy atom. The summed E-state index contributed by atoms with van der Waals surface area (Å²) in [5.74, 6) is 0. The van der Waals surface area contributed by atoms with E-state index in [1.807, 2.05) is 0 Å². The van der Waals surface area contributed by atoms with E-state index in [0.29, 0.717) is 0 Å². The van der Waals surface area contributed by atoms with Gasteiger partial charge in [0.05, 0.1) is 0 Å². The third-order valence-corrected chi connectivity index (χ3v) is 0.789. The van der Waals surface area contributed by atoms with Crippen molar-refractivity contribution in [3.63, 3.8) is 0 Å². The van der Waals surface area contributed by atoms with E-state index >= 15 is 0 Å². The molecule has 0 atom stereocenters. The summed E-state index contributed by atoms with van der Waals surface area (Å²) in [6, 6.07) is 0. The molecule has 0 unspecified atom stereocenters. The Bertz CT molecular complexity index is 71.8. The van der Waals surface area contributed by atoms with Gasteiger partial charge in [-0.2, -0.15) is 0 Å². The molecule has 1 rings (SSSR count). The van der Waals surface area contributed by atoms with Gasteiger partial charge in [-0.1, -0.05) is 0 Å². The van der Waals surface area contributed by atoms with E-state index in [2.05, 4.69) is 9.35 Å². The second-order valence-electron chi connectivity index (χ2n) is 0.923. The van der Waals surface area contributed by atoms with Crippen LogP contribution >= 0.6 is 7.74 Å². The van der Waals surface area contributed by atoms with Gasteiger partial charge in [0.15, 0.2) is 0 Å². The normalized spacial score (nSPS) is 36.7. The Morgan fingerprint density at radius 2 is 1.43 bits per heavy atom. The zero-order valence-corrected chi connectivity index (χ0v) is 6.34. The average molecular weight is 152 g/mol. The van der Waals surface area contributed by atoms with Crippen molar-refractivity contribution in [1.82, 2.24) is 0 Å². The molecule has 0 aromatic carbocycles. The molecule has 0 amide bonds. The Hall–Kier alpha value is 1.49. The number of rotatable bonds is 0. The molecule has 0 spiro atoms. The van der Waals surface area contributed by atoms with Gasteiger partial charge in [0.2, 0.25) is 0 Å². The molecule has 5 nitrogen and oxygen atoms in total. The molecular weight excluding hydrogens is 151 g/mol. The zero-order valence-electron chi connectivity index (χ0n) is 3.23. The molecule has 1 N–H and O–H groups in total. The number of hydrogen-bond donors (Lipinski definition) is 1. The summed E-state index contributed by atoms with van der Waals surface area (Å²) < 4.78 is 6.32. The van der Waals surface area contributed by atoms with Gasteiger partial charge < -0.3 is 0 Å². The van der Waals surface area contributed by atoms with Crippen LogP contribution in [0.4, 0.5) is 0 Å². The van der Waals surface area contributed by atoms with Crippen LogP contribution in [-0.4, -0.2) is 42.6 Å². The van der Waals surface area contributed by atoms with E-state index in [9.17, 15) is 9.79 Å². The standard InChI is InChI=1S/Ca.HO5P/c;1-6(2,3)4-5-6/h;1H/q+2;-2. The minimum atomic E-state index is -5.30. The van der Waals surface area contributed by atoms with Gasteiger partial charge >= 0.3 is 69.5 Å². The van der Waals surface area contributed by atoms with Crippen LogP contribution in [0, 0.1) is 0 Å². The monoisotopic (exact) mass is 152 g/mol. The van der Waals surface area contributed by atoms with Crippen molar-refractivity contribution in [1.29, 1.82) is 0 Å². The van der Waals surface area contributed by atoms with Crippen LogP contribution in [0.3, 0.4) is 0 Å². The van der Waals surface area contributed by atoms with Crippen molar-refractivity contribution in [3.8, 4) is 0 Å². The summed E-state index contributed by atoms with van der Waals surface area (Å²) >= 11 is 0. The Morgan fingerprint density at radius 3 is 1.43 bits per heavy atom. The molecule has 0 aliphatic carbocycles. The van der Waals surface area contributed by atoms with E-state index in [4.69, 9.17) is 4.89 Å². The van der Waals surface area contributed by atoms with Crippen LogP contribution < -0.4 is 9.79 Å². The van der Waals surface area contributed by atoms with Gasteiger partial charge in [-0.05, 0) is 0 Å². The van der Waals surface area contributed by atoms with E-state index in [0.717, 1.165) is 0 Å². The summed E-state index contributed by atoms with van der Waals surface area (Å²) in [6.07, 6.45) is 0. The van der Waals surface area contributed by atoms with Crippen molar-refractivity contribution < 1.29 is 24.0 Å². The van der Waals surface area contributed by atoms with Crippen molar-refractivity contribution in [2.75, 3.05) is 0 Å². The molecule has 1 aliphatic heterocycles. The first-order valence-electron chi connectivity index (χ1n) is 1.10. The molecule has 1 saturated heterocycles. The van der Waals surface area contributed by atoms with Gasteiger partial charge in [-0.25, -0.2) is 0 Å². The molecule has 0 aromatic rings. The van der Waals surface area contributed by atoms with Crippen molar-refractivity contribution >= 4 is 45.5 Å². The molecule has 7 heavy (non-hydrogen) atoms. The quantitative estimate of drug-likeness (QED) is 0.178. The molecular formula is HCaO5P. The van der Waals surface area contributed by atoms with Gasteiger partial charge in [0, 0.05) is 0 Å². The van der Waals surface area contributed by atoms with Crippen LogP contribution in [-0.2, 0) is 9.35 Å². The zero-order chi connectivity index (χ0) is 4.86. The van der Waals surface area contributed by atoms with Crippen molar-refractivity contribution in [3.05, 3.63) is 0 Å². The molecule has 0 aromatic heterocycles. The van der Waals surface area contributed by atoms with Gasteiger partial charge in [-0.3, -0.25) is 0 Å². The Kier molecular flexibility index (Phi) is 2.10. The molecule has 38 valence electrons. The second kappa shape index (κ2) is 1.73. The van der Waals surface area contributed by atoms with E-state index in [1.54, 1.807) is 0 Å². The van der Waals surface area contributed by atoms with Crippen LogP contribution in [0.1, 0.15) is 0 Å². The van der Waals surface area contributed by atoms with E-state index in [1.165, 1.54) is 0 Å².